The van der Waals surface area contributed by atoms with Gasteiger partial charge in [0.05, 0.1) is 14.2 Å². The van der Waals surface area contributed by atoms with Gasteiger partial charge in [-0.15, -0.1) is 0 Å². The van der Waals surface area contributed by atoms with Crippen molar-refractivity contribution in [2.24, 2.45) is 5.92 Å². The van der Waals surface area contributed by atoms with Gasteiger partial charge in [0.15, 0.2) is 0 Å². The van der Waals surface area contributed by atoms with Gasteiger partial charge in [0, 0.05) is 24.3 Å². The summed E-state index contributed by atoms with van der Waals surface area (Å²) in [6, 6.07) is 10.9. The van der Waals surface area contributed by atoms with E-state index in [1.165, 1.54) is 14.2 Å². The molecule has 0 atom stereocenters. The Kier molecular flexibility index (Phi) is 5.87. The van der Waals surface area contributed by atoms with E-state index in [-0.39, 0.29) is 11.8 Å². The Balaban J connectivity index is 1.87. The lowest BCUT2D eigenvalue weighted by Crippen LogP contribution is -2.37. The fourth-order valence-electron chi connectivity index (χ4n) is 3.47. The van der Waals surface area contributed by atoms with Gasteiger partial charge < -0.3 is 19.7 Å². The number of amides is 2. The number of methoxy groups -OCH3 is 2. The average Bonchev–Trinajstić information content (AvgIpc) is 2.69. The van der Waals surface area contributed by atoms with E-state index in [1.54, 1.807) is 18.2 Å². The number of anilines is 2. The molecular weight excluding hydrogens is 356 g/mol. The Morgan fingerprint density at radius 2 is 1.79 bits per heavy atom. The predicted molar refractivity (Wildman–Crippen MR) is 109 cm³/mol. The van der Waals surface area contributed by atoms with Crippen LogP contribution in [0, 0.1) is 5.92 Å². The highest BCUT2D eigenvalue weighted by Crippen LogP contribution is 2.33. The summed E-state index contributed by atoms with van der Waals surface area (Å²) in [4.78, 5) is 27.0. The van der Waals surface area contributed by atoms with E-state index in [0.717, 1.165) is 11.3 Å². The molecule has 1 heterocycles. The van der Waals surface area contributed by atoms with Crippen LogP contribution < -0.4 is 19.7 Å². The standard InChI is InChI=1S/C22H26N2O4/c1-14(2)13-24-17-10-9-16(12-15(17)8-11-20(24)25)23-22(26)21-18(27-3)6-5-7-19(21)28-4/h5-7,9-10,12,14H,8,11,13H2,1-4H3,(H,23,26). The van der Waals surface area contributed by atoms with E-state index in [1.807, 2.05) is 23.1 Å². The molecule has 0 fully saturated rings. The van der Waals surface area contributed by atoms with Gasteiger partial charge in [-0.05, 0) is 48.2 Å². The van der Waals surface area contributed by atoms with Crippen LogP contribution in [0.25, 0.3) is 0 Å². The van der Waals surface area contributed by atoms with Crippen molar-refractivity contribution < 1.29 is 19.1 Å². The molecule has 1 N–H and O–H groups in total. The van der Waals surface area contributed by atoms with E-state index in [4.69, 9.17) is 9.47 Å². The second kappa shape index (κ2) is 8.33. The number of hydrogen-bond acceptors (Lipinski definition) is 4. The molecule has 1 aliphatic heterocycles. The smallest absolute Gasteiger partial charge is 0.263 e. The normalized spacial score (nSPS) is 13.3. The first kappa shape index (κ1) is 19.7. The molecule has 0 saturated carbocycles. The Hall–Kier alpha value is -3.02. The van der Waals surface area contributed by atoms with E-state index < -0.39 is 0 Å². The molecule has 0 saturated heterocycles. The number of hydrogen-bond donors (Lipinski definition) is 1. The van der Waals surface area contributed by atoms with E-state index in [0.29, 0.717) is 48.1 Å². The maximum absolute atomic E-state index is 12.9. The van der Waals surface area contributed by atoms with Crippen molar-refractivity contribution in [3.05, 3.63) is 47.5 Å². The highest BCUT2D eigenvalue weighted by Gasteiger charge is 2.25. The topological polar surface area (TPSA) is 67.9 Å². The number of nitrogens with zero attached hydrogens (tertiary/aromatic N) is 1. The van der Waals surface area contributed by atoms with Crippen LogP contribution >= 0.6 is 0 Å². The third kappa shape index (κ3) is 3.96. The predicted octanol–water partition coefficient (Wildman–Crippen LogP) is 3.89. The van der Waals surface area contributed by atoms with Gasteiger partial charge in [0.2, 0.25) is 5.91 Å². The summed E-state index contributed by atoms with van der Waals surface area (Å²) < 4.78 is 10.6. The summed E-state index contributed by atoms with van der Waals surface area (Å²) in [6.07, 6.45) is 1.15. The molecule has 2 amide bonds. The van der Waals surface area contributed by atoms with Crippen LogP contribution in [0.15, 0.2) is 36.4 Å². The summed E-state index contributed by atoms with van der Waals surface area (Å²) >= 11 is 0. The second-order valence-corrected chi connectivity index (χ2v) is 7.23. The molecule has 6 heteroatoms. The highest BCUT2D eigenvalue weighted by molar-refractivity contribution is 6.08. The fraction of sp³-hybridized carbons (Fsp3) is 0.364. The fourth-order valence-corrected chi connectivity index (χ4v) is 3.47. The largest absolute Gasteiger partial charge is 0.496 e. The maximum Gasteiger partial charge on any atom is 0.263 e. The lowest BCUT2D eigenvalue weighted by Gasteiger charge is -2.31. The van der Waals surface area contributed by atoms with E-state index in [2.05, 4.69) is 19.2 Å². The third-order valence-electron chi connectivity index (χ3n) is 4.74. The number of rotatable bonds is 6. The van der Waals surface area contributed by atoms with Gasteiger partial charge in [-0.25, -0.2) is 0 Å². The number of ether oxygens (including phenoxy) is 2. The number of aryl methyl sites for hydroxylation is 1. The van der Waals surface area contributed by atoms with Crippen LogP contribution in [0.2, 0.25) is 0 Å². The second-order valence-electron chi connectivity index (χ2n) is 7.23. The number of benzene rings is 2. The molecule has 0 radical (unpaired) electrons. The minimum absolute atomic E-state index is 0.150. The number of carbonyl (C=O) groups excluding carboxylic acids is 2. The minimum Gasteiger partial charge on any atom is -0.496 e. The molecular formula is C22H26N2O4. The van der Waals surface area contributed by atoms with Crippen LogP contribution in [0.5, 0.6) is 11.5 Å². The van der Waals surface area contributed by atoms with Gasteiger partial charge in [0.1, 0.15) is 17.1 Å². The molecule has 0 unspecified atom stereocenters. The monoisotopic (exact) mass is 382 g/mol. The Morgan fingerprint density at radius 1 is 1.11 bits per heavy atom. The summed E-state index contributed by atoms with van der Waals surface area (Å²) in [5.74, 6) is 1.12. The molecule has 6 nitrogen and oxygen atoms in total. The van der Waals surface area contributed by atoms with Gasteiger partial charge >= 0.3 is 0 Å². The third-order valence-corrected chi connectivity index (χ3v) is 4.74. The van der Waals surface area contributed by atoms with Crippen LogP contribution in [-0.2, 0) is 11.2 Å². The zero-order chi connectivity index (χ0) is 20.3. The van der Waals surface area contributed by atoms with Crippen molar-refractivity contribution in [3.8, 4) is 11.5 Å². The van der Waals surface area contributed by atoms with E-state index >= 15 is 0 Å². The molecule has 3 rings (SSSR count). The number of fused-ring (bicyclic) bond motifs is 1. The SMILES string of the molecule is COc1cccc(OC)c1C(=O)Nc1ccc2c(c1)CCC(=O)N2CC(C)C. The van der Waals surface area contributed by atoms with Crippen molar-refractivity contribution >= 4 is 23.2 Å². The van der Waals surface area contributed by atoms with Crippen molar-refractivity contribution in [2.75, 3.05) is 31.0 Å². The van der Waals surface area contributed by atoms with Gasteiger partial charge in [0.25, 0.3) is 5.91 Å². The van der Waals surface area contributed by atoms with Crippen molar-refractivity contribution in [3.63, 3.8) is 0 Å². The summed E-state index contributed by atoms with van der Waals surface area (Å²) in [7, 11) is 3.04. The Labute approximate surface area is 165 Å². The molecule has 0 aromatic heterocycles. The van der Waals surface area contributed by atoms with Crippen molar-refractivity contribution in [1.29, 1.82) is 0 Å². The van der Waals surface area contributed by atoms with Crippen LogP contribution in [-0.4, -0.2) is 32.6 Å². The molecule has 2 aromatic carbocycles. The van der Waals surface area contributed by atoms with Crippen LogP contribution in [0.1, 0.15) is 36.2 Å². The first-order chi connectivity index (χ1) is 13.4. The van der Waals surface area contributed by atoms with Gasteiger partial charge in [-0.3, -0.25) is 9.59 Å². The van der Waals surface area contributed by atoms with Crippen molar-refractivity contribution in [2.45, 2.75) is 26.7 Å². The van der Waals surface area contributed by atoms with Crippen LogP contribution in [0.4, 0.5) is 11.4 Å². The number of carbonyl (C=O) groups is 2. The summed E-state index contributed by atoms with van der Waals surface area (Å²) in [5.41, 5.74) is 3.01. The quantitative estimate of drug-likeness (QED) is 0.823. The molecule has 0 spiro atoms. The van der Waals surface area contributed by atoms with Gasteiger partial charge in [-0.1, -0.05) is 19.9 Å². The zero-order valence-corrected chi connectivity index (χ0v) is 16.7. The Bertz CT molecular complexity index is 870. The highest BCUT2D eigenvalue weighted by atomic mass is 16.5. The molecule has 0 bridgehead atoms. The summed E-state index contributed by atoms with van der Waals surface area (Å²) in [5, 5.41) is 2.92. The molecule has 1 aliphatic rings. The lowest BCUT2D eigenvalue weighted by molar-refractivity contribution is -0.119. The maximum atomic E-state index is 12.9. The number of nitrogens with one attached hydrogen (secondary N) is 1. The zero-order valence-electron chi connectivity index (χ0n) is 16.7. The minimum atomic E-state index is -0.305. The molecule has 28 heavy (non-hydrogen) atoms. The van der Waals surface area contributed by atoms with Crippen LogP contribution in [0.3, 0.4) is 0 Å². The average molecular weight is 382 g/mol. The Morgan fingerprint density at radius 3 is 2.39 bits per heavy atom. The molecule has 148 valence electrons. The summed E-state index contributed by atoms with van der Waals surface area (Å²) in [6.45, 7) is 4.88. The van der Waals surface area contributed by atoms with E-state index in [9.17, 15) is 9.59 Å². The lowest BCUT2D eigenvalue weighted by atomic mass is 9.99. The van der Waals surface area contributed by atoms with Gasteiger partial charge in [-0.2, -0.15) is 0 Å². The first-order valence-corrected chi connectivity index (χ1v) is 9.40. The first-order valence-electron chi connectivity index (χ1n) is 9.40. The molecule has 0 aliphatic carbocycles. The van der Waals surface area contributed by atoms with Crippen molar-refractivity contribution in [1.82, 2.24) is 0 Å². The molecule has 2 aromatic rings.